The first-order valence-electron chi connectivity index (χ1n) is 38.9. The van der Waals surface area contributed by atoms with Gasteiger partial charge >= 0.3 is 18.1 Å². The number of benzene rings is 7. The molecule has 0 saturated carbocycles. The zero-order valence-corrected chi connectivity index (χ0v) is 69.1. The molecule has 4 fully saturated rings. The summed E-state index contributed by atoms with van der Waals surface area (Å²) in [5, 5.41) is 8.67. The van der Waals surface area contributed by atoms with Gasteiger partial charge in [-0.25, -0.2) is 18.8 Å². The normalized spacial score (nSPS) is 20.3. The summed E-state index contributed by atoms with van der Waals surface area (Å²) in [6.07, 6.45) is 4.97. The Labute approximate surface area is 702 Å². The van der Waals surface area contributed by atoms with E-state index in [2.05, 4.69) is 16.0 Å². The summed E-state index contributed by atoms with van der Waals surface area (Å²) >= 11 is 5.53. The van der Waals surface area contributed by atoms with E-state index in [1.165, 1.54) is 94.0 Å². The van der Waals surface area contributed by atoms with Gasteiger partial charge in [0.1, 0.15) is 70.9 Å². The predicted octanol–water partition coefficient (Wildman–Crippen LogP) is 13.8. The topological polar surface area (TPSA) is 311 Å². The molecule has 0 unspecified atom stereocenters. The number of halogens is 1. The van der Waals surface area contributed by atoms with Crippen molar-refractivity contribution in [2.45, 2.75) is 80.7 Å². The van der Waals surface area contributed by atoms with Crippen LogP contribution in [0.5, 0.6) is 0 Å². The minimum absolute atomic E-state index is 0.118. The summed E-state index contributed by atoms with van der Waals surface area (Å²) in [6, 6.07) is 50.5. The number of carbonyl (C=O) groups is 11. The molecular formula is C88H81FN8O17S5. The van der Waals surface area contributed by atoms with Crippen LogP contribution in [0.15, 0.2) is 196 Å². The molecule has 12 aliphatic rings. The minimum Gasteiger partial charge on any atom is -0.484 e. The van der Waals surface area contributed by atoms with Gasteiger partial charge in [-0.15, -0.1) is 47.0 Å². The number of Topliss-reactive ketones (excluding diaryl/α,β-unsaturated/α-hetero) is 8. The summed E-state index contributed by atoms with van der Waals surface area (Å²) in [7, 11) is -0.411. The number of urea groups is 3. The van der Waals surface area contributed by atoms with Crippen molar-refractivity contribution >= 4 is 162 Å². The van der Waals surface area contributed by atoms with E-state index in [9.17, 15) is 65.5 Å². The number of nitrogens with zero attached hydrogens (tertiary/aromatic N) is 5. The maximum absolute atomic E-state index is 13.1. The molecule has 7 aromatic rings. The molecule has 31 heteroatoms. The van der Waals surface area contributed by atoms with E-state index < -0.39 is 78.9 Å². The maximum atomic E-state index is 13.1. The Bertz CT molecular complexity index is 5660. The summed E-state index contributed by atoms with van der Waals surface area (Å²) in [5.41, 5.74) is 5.48. The van der Waals surface area contributed by atoms with E-state index in [4.69, 9.17) is 18.9 Å². The third-order valence-corrected chi connectivity index (χ3v) is 30.3. The number of aryl methyl sites for hydroxylation is 1. The standard InChI is InChI=1S/C24H22N2O4S.C23H19FN2O4S.C23H20N2O4S.C18H20N2O5S2/c1-15-5-4-6-16(13-15)25-23(29)26-11-9-24(10-12-26)14-31-22-20(28)19(27)17-7-2-3-8-18(17)21(22)30-24;24-14-5-7-15(8-6-14)25-22(29)26-11-9-23(10-12-26)13-31-21-19(28)18(27)16-3-1-2-4-17(16)20(21)30-23;26-18-16-8-4-5-9-17(16)20-21(19(18)27)30-14-23(29-20)10-12-25(13-11-23)22(28)24-15-6-2-1-3-7-15;1-19(2)27(23,24)20-9-7-18(8-10-20)11-26-17-15(22)14(21)12-5-3-4-6-13(12)16(17)25-18/h2-8,13H,9-12,14H2,1H3,(H,25,29);1-8H,9-13H2,(H,25,29);1-9H,10-14H2,(H,24,28);3-6H,7-11H2,1-2H3. The van der Waals surface area contributed by atoms with Crippen molar-refractivity contribution in [3.05, 3.63) is 251 Å². The number of rotatable bonds is 5. The Morgan fingerprint density at radius 3 is 0.924 bits per heavy atom. The Balaban J connectivity index is 0.000000119. The number of ketones is 8. The molecule has 6 amide bonds. The third kappa shape index (κ3) is 16.3. The van der Waals surface area contributed by atoms with E-state index in [0.717, 1.165) is 16.9 Å². The molecule has 25 nitrogen and oxygen atoms in total. The Kier molecular flexibility index (Phi) is 22.9. The number of piperidine rings is 4. The number of ether oxygens (including phenoxy) is 4. The quantitative estimate of drug-likeness (QED) is 0.135. The van der Waals surface area contributed by atoms with Gasteiger partial charge in [0.25, 0.3) is 10.2 Å². The van der Waals surface area contributed by atoms with Crippen LogP contribution < -0.4 is 16.0 Å². The fraction of sp³-hybridized carbons (Fsp3) is 0.307. The number of hydrogen-bond acceptors (Lipinski definition) is 21. The smallest absolute Gasteiger partial charge is 0.321 e. The number of carbonyl (C=O) groups excluding carboxylic acids is 11. The molecule has 4 spiro atoms. The highest BCUT2D eigenvalue weighted by Gasteiger charge is 2.52. The van der Waals surface area contributed by atoms with Gasteiger partial charge in [-0.1, -0.05) is 127 Å². The summed E-state index contributed by atoms with van der Waals surface area (Å²) < 4.78 is 66.0. The van der Waals surface area contributed by atoms with Crippen LogP contribution in [0.1, 0.15) is 121 Å². The van der Waals surface area contributed by atoms with Crippen LogP contribution >= 0.6 is 47.0 Å². The summed E-state index contributed by atoms with van der Waals surface area (Å²) in [6.45, 7) is 5.95. The lowest BCUT2D eigenvalue weighted by atomic mass is 9.90. The van der Waals surface area contributed by atoms with Crippen LogP contribution in [0.2, 0.25) is 0 Å². The number of anilines is 3. The number of para-hydroxylation sites is 1. The van der Waals surface area contributed by atoms with E-state index in [1.807, 2.05) is 97.9 Å². The first-order valence-corrected chi connectivity index (χ1v) is 44.3. The Morgan fingerprint density at radius 2 is 0.622 bits per heavy atom. The number of likely N-dealkylation sites (tertiary alicyclic amines) is 3. The lowest BCUT2D eigenvalue weighted by Crippen LogP contribution is -2.52. The molecule has 119 heavy (non-hydrogen) atoms. The first-order chi connectivity index (χ1) is 57.2. The van der Waals surface area contributed by atoms with E-state index in [0.29, 0.717) is 220 Å². The number of fused-ring (bicyclic) bond motifs is 8. The fourth-order valence-corrected chi connectivity index (χ4v) is 22.3. The number of nitrogens with one attached hydrogen (secondary N) is 3. The molecule has 612 valence electrons. The number of amides is 6. The Hall–Kier alpha value is -10.9. The van der Waals surface area contributed by atoms with Crippen LogP contribution in [-0.2, 0) is 48.3 Å². The predicted molar refractivity (Wildman–Crippen MR) is 453 cm³/mol. The monoisotopic (exact) mass is 1700 g/mol. The number of thioether (sulfide) groups is 4. The van der Waals surface area contributed by atoms with Gasteiger partial charge in [0.15, 0.2) is 0 Å². The van der Waals surface area contributed by atoms with Crippen LogP contribution in [0.4, 0.5) is 35.8 Å². The van der Waals surface area contributed by atoms with Crippen molar-refractivity contribution < 1.29 is 84.5 Å². The van der Waals surface area contributed by atoms with Gasteiger partial charge < -0.3 is 49.6 Å². The van der Waals surface area contributed by atoms with E-state index in [-0.39, 0.29) is 23.9 Å². The molecule has 4 aliphatic carbocycles. The molecule has 0 aromatic heterocycles. The van der Waals surface area contributed by atoms with Crippen molar-refractivity contribution in [2.24, 2.45) is 0 Å². The average molecular weight is 1700 g/mol. The Morgan fingerprint density at radius 1 is 0.353 bits per heavy atom. The summed E-state index contributed by atoms with van der Waals surface area (Å²) in [5.74, 6) is 0.00404. The molecule has 8 heterocycles. The SMILES string of the molecule is CN(C)S(=O)(=O)N1CCC2(CC1)CSC1=C(O2)c2ccccc2C(=O)C1=O.Cc1cccc(NC(=O)N2CCC3(CC2)CSC2=C(O3)c3ccccc3C(=O)C2=O)c1.O=C1C(=O)c2ccccc2C2=C1SCC1(CCN(C(=O)Nc3ccc(F)cc3)CC1)O2.O=C1C(=O)c2ccccc2C2=C1SCC1(CCN(C(=O)Nc3ccccc3)CC1)O2. The number of allylic oxidation sites excluding steroid dienone is 4. The molecule has 0 atom stereocenters. The van der Waals surface area contributed by atoms with Crippen LogP contribution in [-0.4, -0.2) is 208 Å². The van der Waals surface area contributed by atoms with E-state index >= 15 is 0 Å². The highest BCUT2D eigenvalue weighted by atomic mass is 32.2. The summed E-state index contributed by atoms with van der Waals surface area (Å²) in [4.78, 5) is 144. The third-order valence-electron chi connectivity index (χ3n) is 23.0. The lowest BCUT2D eigenvalue weighted by molar-refractivity contribution is -0.112. The van der Waals surface area contributed by atoms with Crippen molar-refractivity contribution in [2.75, 3.05) is 105 Å². The second kappa shape index (κ2) is 33.3. The van der Waals surface area contributed by atoms with Crippen molar-refractivity contribution in [3.8, 4) is 0 Å². The minimum atomic E-state index is -3.45. The molecule has 0 bridgehead atoms. The molecule has 0 radical (unpaired) electrons. The van der Waals surface area contributed by atoms with Gasteiger partial charge in [0.05, 0.1) is 0 Å². The van der Waals surface area contributed by atoms with Crippen molar-refractivity contribution in [3.63, 3.8) is 0 Å². The second-order valence-corrected chi connectivity index (χ2v) is 37.0. The van der Waals surface area contributed by atoms with Crippen LogP contribution in [0.25, 0.3) is 23.0 Å². The highest BCUT2D eigenvalue weighted by molar-refractivity contribution is 8.05. The largest absolute Gasteiger partial charge is 0.484 e. The molecule has 8 aliphatic heterocycles. The van der Waals surface area contributed by atoms with Crippen molar-refractivity contribution in [1.29, 1.82) is 0 Å². The first kappa shape index (κ1) is 81.8. The maximum Gasteiger partial charge on any atom is 0.321 e. The zero-order chi connectivity index (χ0) is 83.3. The molecule has 19 rings (SSSR count). The highest BCUT2D eigenvalue weighted by Crippen LogP contribution is 2.52. The van der Waals surface area contributed by atoms with Gasteiger partial charge in [-0.2, -0.15) is 17.0 Å². The zero-order valence-electron chi connectivity index (χ0n) is 65.0. The van der Waals surface area contributed by atoms with Gasteiger partial charge in [0.2, 0.25) is 46.3 Å². The van der Waals surface area contributed by atoms with Crippen LogP contribution in [0, 0.1) is 12.7 Å². The van der Waals surface area contributed by atoms with Crippen molar-refractivity contribution in [1.82, 2.24) is 23.3 Å². The molecule has 7 aromatic carbocycles. The molecule has 3 N–H and O–H groups in total. The van der Waals surface area contributed by atoms with Gasteiger partial charge in [-0.05, 0) is 61.0 Å². The second-order valence-electron chi connectivity index (χ2n) is 30.9. The fourth-order valence-electron chi connectivity index (χ4n) is 16.1. The molecule has 4 saturated heterocycles. The number of hydrogen-bond donors (Lipinski definition) is 3. The average Bonchev–Trinajstić information content (AvgIpc) is 0.746. The molecular weight excluding hydrogens is 1620 g/mol. The van der Waals surface area contributed by atoms with Crippen LogP contribution in [0.3, 0.4) is 0 Å². The van der Waals surface area contributed by atoms with Gasteiger partial charge in [-0.3, -0.25) is 38.4 Å². The van der Waals surface area contributed by atoms with Gasteiger partial charge in [0, 0.05) is 202 Å². The lowest BCUT2D eigenvalue weighted by Gasteiger charge is -2.45. The van der Waals surface area contributed by atoms with E-state index in [1.54, 1.807) is 75.4 Å².